The Labute approximate surface area is 143 Å². The van der Waals surface area contributed by atoms with E-state index < -0.39 is 0 Å². The maximum atomic E-state index is 13.0. The molecule has 0 unspecified atom stereocenters. The second-order valence-corrected chi connectivity index (χ2v) is 6.92. The SMILES string of the molecule is CC[C@H](C(=O)N1Cc2cnc(CC(C)C)nc2C1)c1ccccc1. The predicted octanol–water partition coefficient (Wildman–Crippen LogP) is 3.71. The second-order valence-electron chi connectivity index (χ2n) is 6.92. The number of carbonyl (C=O) groups is 1. The number of carbonyl (C=O) groups excluding carboxylic acids is 1. The highest BCUT2D eigenvalue weighted by atomic mass is 16.2. The van der Waals surface area contributed by atoms with Crippen molar-refractivity contribution in [3.05, 3.63) is 59.2 Å². The van der Waals surface area contributed by atoms with Gasteiger partial charge in [-0.15, -0.1) is 0 Å². The van der Waals surface area contributed by atoms with Crippen molar-refractivity contribution in [3.8, 4) is 0 Å². The Kier molecular flexibility index (Phi) is 4.93. The molecule has 0 radical (unpaired) electrons. The Morgan fingerprint density at radius 3 is 2.62 bits per heavy atom. The first-order chi connectivity index (χ1) is 11.6. The second kappa shape index (κ2) is 7.12. The minimum atomic E-state index is -0.0800. The summed E-state index contributed by atoms with van der Waals surface area (Å²) in [6.45, 7) is 7.63. The fraction of sp³-hybridized carbons (Fsp3) is 0.450. The van der Waals surface area contributed by atoms with Gasteiger partial charge in [0.2, 0.25) is 5.91 Å². The van der Waals surface area contributed by atoms with Crippen LogP contribution in [0.15, 0.2) is 36.5 Å². The molecular formula is C20H25N3O. The normalized spacial score (nSPS) is 14.8. The average molecular weight is 323 g/mol. The van der Waals surface area contributed by atoms with Gasteiger partial charge in [0.25, 0.3) is 0 Å². The van der Waals surface area contributed by atoms with Gasteiger partial charge in [0.15, 0.2) is 0 Å². The first-order valence-electron chi connectivity index (χ1n) is 8.75. The van der Waals surface area contributed by atoms with Gasteiger partial charge in [0.05, 0.1) is 18.2 Å². The molecular weight excluding hydrogens is 298 g/mol. The minimum absolute atomic E-state index is 0.0800. The molecule has 0 saturated heterocycles. The Morgan fingerprint density at radius 2 is 1.96 bits per heavy atom. The summed E-state index contributed by atoms with van der Waals surface area (Å²) in [4.78, 5) is 24.0. The van der Waals surface area contributed by atoms with Crippen LogP contribution in [0.4, 0.5) is 0 Å². The zero-order valence-electron chi connectivity index (χ0n) is 14.7. The monoisotopic (exact) mass is 323 g/mol. The topological polar surface area (TPSA) is 46.1 Å². The highest BCUT2D eigenvalue weighted by molar-refractivity contribution is 5.84. The van der Waals surface area contributed by atoms with Gasteiger partial charge in [-0.05, 0) is 17.9 Å². The maximum Gasteiger partial charge on any atom is 0.230 e. The van der Waals surface area contributed by atoms with Gasteiger partial charge < -0.3 is 4.90 Å². The summed E-state index contributed by atoms with van der Waals surface area (Å²) in [5, 5.41) is 0. The number of fused-ring (bicyclic) bond motifs is 1. The van der Waals surface area contributed by atoms with Gasteiger partial charge in [-0.2, -0.15) is 0 Å². The van der Waals surface area contributed by atoms with Crippen LogP contribution in [0.3, 0.4) is 0 Å². The molecule has 0 aliphatic carbocycles. The summed E-state index contributed by atoms with van der Waals surface area (Å²) in [6.07, 6.45) is 3.58. The third kappa shape index (κ3) is 3.48. The van der Waals surface area contributed by atoms with E-state index in [4.69, 9.17) is 0 Å². The molecule has 1 aliphatic rings. The number of nitrogens with zero attached hydrogens (tertiary/aromatic N) is 3. The number of benzene rings is 1. The van der Waals surface area contributed by atoms with Gasteiger partial charge in [0.1, 0.15) is 5.82 Å². The molecule has 3 rings (SSSR count). The third-order valence-corrected chi connectivity index (χ3v) is 4.52. The van der Waals surface area contributed by atoms with E-state index in [2.05, 4.69) is 30.7 Å². The summed E-state index contributed by atoms with van der Waals surface area (Å²) in [6, 6.07) is 10.0. The average Bonchev–Trinajstić information content (AvgIpc) is 2.99. The smallest absolute Gasteiger partial charge is 0.230 e. The van der Waals surface area contributed by atoms with Gasteiger partial charge in [-0.25, -0.2) is 9.97 Å². The fourth-order valence-corrected chi connectivity index (χ4v) is 3.27. The van der Waals surface area contributed by atoms with Crippen LogP contribution in [-0.2, 0) is 24.3 Å². The lowest BCUT2D eigenvalue weighted by atomic mass is 9.95. The van der Waals surface area contributed by atoms with Crippen molar-refractivity contribution in [3.63, 3.8) is 0 Å². The van der Waals surface area contributed by atoms with E-state index in [0.29, 0.717) is 19.0 Å². The molecule has 126 valence electrons. The molecule has 0 bridgehead atoms. The Bertz CT molecular complexity index is 712. The van der Waals surface area contributed by atoms with Gasteiger partial charge in [-0.1, -0.05) is 51.1 Å². The van der Waals surface area contributed by atoms with Crippen LogP contribution in [0.2, 0.25) is 0 Å². The number of hydrogen-bond donors (Lipinski definition) is 0. The minimum Gasteiger partial charge on any atom is -0.332 e. The molecule has 2 aromatic rings. The first-order valence-corrected chi connectivity index (χ1v) is 8.75. The van der Waals surface area contributed by atoms with Crippen LogP contribution in [-0.4, -0.2) is 20.8 Å². The van der Waals surface area contributed by atoms with Crippen molar-refractivity contribution in [2.24, 2.45) is 5.92 Å². The van der Waals surface area contributed by atoms with Crippen LogP contribution < -0.4 is 0 Å². The molecule has 4 nitrogen and oxygen atoms in total. The molecule has 0 fully saturated rings. The number of hydrogen-bond acceptors (Lipinski definition) is 3. The van der Waals surface area contributed by atoms with Crippen LogP contribution >= 0.6 is 0 Å². The van der Waals surface area contributed by atoms with E-state index in [1.54, 1.807) is 0 Å². The molecule has 1 aromatic heterocycles. The van der Waals surface area contributed by atoms with E-state index in [1.165, 1.54) is 0 Å². The standard InChI is InChI=1S/C20H25N3O/c1-4-17(15-8-6-5-7-9-15)20(24)23-12-16-11-21-19(10-14(2)3)22-18(16)13-23/h5-9,11,14,17H,4,10,12-13H2,1-3H3/t17-/m0/s1. The van der Waals surface area contributed by atoms with Crippen molar-refractivity contribution >= 4 is 5.91 Å². The number of rotatable bonds is 5. The zero-order valence-corrected chi connectivity index (χ0v) is 14.7. The third-order valence-electron chi connectivity index (χ3n) is 4.52. The number of amides is 1. The van der Waals surface area contributed by atoms with Crippen molar-refractivity contribution in [2.75, 3.05) is 0 Å². The summed E-state index contributed by atoms with van der Waals surface area (Å²) in [7, 11) is 0. The summed E-state index contributed by atoms with van der Waals surface area (Å²) < 4.78 is 0. The molecule has 0 saturated carbocycles. The van der Waals surface area contributed by atoms with Crippen molar-refractivity contribution in [1.82, 2.24) is 14.9 Å². The van der Waals surface area contributed by atoms with Gasteiger partial charge in [0, 0.05) is 24.7 Å². The van der Waals surface area contributed by atoms with Crippen molar-refractivity contribution < 1.29 is 4.79 Å². The van der Waals surface area contributed by atoms with Crippen LogP contribution in [0.25, 0.3) is 0 Å². The lowest BCUT2D eigenvalue weighted by molar-refractivity contribution is -0.133. The lowest BCUT2D eigenvalue weighted by Gasteiger charge is -2.22. The lowest BCUT2D eigenvalue weighted by Crippen LogP contribution is -2.30. The zero-order chi connectivity index (χ0) is 17.1. The van der Waals surface area contributed by atoms with Crippen molar-refractivity contribution in [1.29, 1.82) is 0 Å². The van der Waals surface area contributed by atoms with E-state index in [9.17, 15) is 4.79 Å². The highest BCUT2D eigenvalue weighted by Gasteiger charge is 2.30. The summed E-state index contributed by atoms with van der Waals surface area (Å²) in [5.41, 5.74) is 3.18. The van der Waals surface area contributed by atoms with E-state index >= 15 is 0 Å². The molecule has 1 aromatic carbocycles. The van der Waals surface area contributed by atoms with Crippen LogP contribution in [0.1, 0.15) is 55.8 Å². The van der Waals surface area contributed by atoms with E-state index in [0.717, 1.165) is 35.5 Å². The molecule has 1 atom stereocenters. The molecule has 1 amide bonds. The Balaban J connectivity index is 1.75. The molecule has 0 spiro atoms. The van der Waals surface area contributed by atoms with Crippen LogP contribution in [0.5, 0.6) is 0 Å². The molecule has 24 heavy (non-hydrogen) atoms. The predicted molar refractivity (Wildman–Crippen MR) is 94.3 cm³/mol. The highest BCUT2D eigenvalue weighted by Crippen LogP contribution is 2.28. The molecule has 0 N–H and O–H groups in total. The Morgan fingerprint density at radius 1 is 1.21 bits per heavy atom. The van der Waals surface area contributed by atoms with Gasteiger partial charge in [-0.3, -0.25) is 4.79 Å². The fourth-order valence-electron chi connectivity index (χ4n) is 3.27. The maximum absolute atomic E-state index is 13.0. The quantitative estimate of drug-likeness (QED) is 0.842. The summed E-state index contributed by atoms with van der Waals surface area (Å²) >= 11 is 0. The first kappa shape index (κ1) is 16.6. The number of aromatic nitrogens is 2. The largest absolute Gasteiger partial charge is 0.332 e. The molecule has 4 heteroatoms. The van der Waals surface area contributed by atoms with E-state index in [-0.39, 0.29) is 11.8 Å². The molecule has 1 aliphatic heterocycles. The van der Waals surface area contributed by atoms with Crippen molar-refractivity contribution in [2.45, 2.75) is 52.6 Å². The van der Waals surface area contributed by atoms with Crippen LogP contribution in [0, 0.1) is 5.92 Å². The van der Waals surface area contributed by atoms with Gasteiger partial charge >= 0.3 is 0 Å². The van der Waals surface area contributed by atoms with E-state index in [1.807, 2.05) is 41.4 Å². The Hall–Kier alpha value is -2.23. The summed E-state index contributed by atoms with van der Waals surface area (Å²) in [5.74, 6) is 1.52. The molecule has 2 heterocycles.